The number of aliphatic carboxylic acids is 2. The highest BCUT2D eigenvalue weighted by Crippen LogP contribution is 2.32. The third-order valence-corrected chi connectivity index (χ3v) is 6.53. The molecule has 0 spiro atoms. The molecular weight excluding hydrogens is 414 g/mol. The summed E-state index contributed by atoms with van der Waals surface area (Å²) < 4.78 is 0. The molecule has 1 aliphatic rings. The maximum absolute atomic E-state index is 10.9. The van der Waals surface area contributed by atoms with Gasteiger partial charge in [-0.05, 0) is 47.0 Å². The second-order valence-corrected chi connectivity index (χ2v) is 11.4. The first-order chi connectivity index (χ1) is 15.5. The fourth-order valence-electron chi connectivity index (χ4n) is 5.14. The smallest absolute Gasteiger partial charge is 0.306 e. The van der Waals surface area contributed by atoms with Gasteiger partial charge in [-0.15, -0.1) is 0 Å². The molecule has 0 saturated carbocycles. The number of rotatable bonds is 17. The minimum atomic E-state index is -0.664. The molecule has 1 saturated heterocycles. The van der Waals surface area contributed by atoms with Crippen molar-refractivity contribution < 1.29 is 19.8 Å². The van der Waals surface area contributed by atoms with Gasteiger partial charge in [0.05, 0.1) is 5.92 Å². The third-order valence-electron chi connectivity index (χ3n) is 6.53. The van der Waals surface area contributed by atoms with Gasteiger partial charge in [-0.25, -0.2) is 0 Å². The first-order valence-corrected chi connectivity index (χ1v) is 13.7. The van der Waals surface area contributed by atoms with E-state index >= 15 is 0 Å². The normalized spacial score (nSPS) is 17.2. The van der Waals surface area contributed by atoms with E-state index in [0.717, 1.165) is 12.8 Å². The van der Waals surface area contributed by atoms with Crippen LogP contribution in [0.1, 0.15) is 150 Å². The van der Waals surface area contributed by atoms with Crippen LogP contribution in [-0.2, 0) is 9.59 Å². The van der Waals surface area contributed by atoms with Crippen molar-refractivity contribution >= 4 is 11.9 Å². The van der Waals surface area contributed by atoms with Crippen molar-refractivity contribution in [3.63, 3.8) is 0 Å². The zero-order valence-electron chi connectivity index (χ0n) is 22.5. The van der Waals surface area contributed by atoms with Crippen LogP contribution in [0.4, 0.5) is 0 Å². The second kappa shape index (κ2) is 18.3. The standard InChI is InChI=1S/C18H36O2.C10H19NO2/c1-2-3-4-5-6-7-8-9-10-11-12-13-14-15-16-17-18(19)20;1-9(2)5-7(8(12)13)6-10(3,4)11-9/h2-17H2,1H3,(H,19,20);7,11H,5-6H2,1-4H3,(H,12,13). The Bertz CT molecular complexity index is 500. The Morgan fingerprint density at radius 2 is 1.00 bits per heavy atom. The number of carbonyl (C=O) groups is 2. The molecule has 0 radical (unpaired) electrons. The van der Waals surface area contributed by atoms with Crippen molar-refractivity contribution in [1.29, 1.82) is 0 Å². The number of carboxylic acids is 2. The van der Waals surface area contributed by atoms with Gasteiger partial charge in [-0.1, -0.05) is 96.8 Å². The maximum atomic E-state index is 10.9. The van der Waals surface area contributed by atoms with Crippen LogP contribution in [0, 0.1) is 5.92 Å². The van der Waals surface area contributed by atoms with Gasteiger partial charge in [-0.2, -0.15) is 0 Å². The van der Waals surface area contributed by atoms with E-state index in [1.807, 2.05) is 0 Å². The third kappa shape index (κ3) is 20.0. The van der Waals surface area contributed by atoms with E-state index in [1.54, 1.807) is 0 Å². The summed E-state index contributed by atoms with van der Waals surface area (Å²) in [5.41, 5.74) is -0.129. The monoisotopic (exact) mass is 469 g/mol. The fraction of sp³-hybridized carbons (Fsp3) is 0.929. The topological polar surface area (TPSA) is 86.6 Å². The number of unbranched alkanes of at least 4 members (excludes halogenated alkanes) is 14. The zero-order valence-corrected chi connectivity index (χ0v) is 22.5. The molecule has 196 valence electrons. The summed E-state index contributed by atoms with van der Waals surface area (Å²) >= 11 is 0. The summed E-state index contributed by atoms with van der Waals surface area (Å²) in [6.45, 7) is 10.5. The molecule has 0 bridgehead atoms. The highest BCUT2D eigenvalue weighted by molar-refractivity contribution is 5.70. The average Bonchev–Trinajstić information content (AvgIpc) is 2.69. The van der Waals surface area contributed by atoms with Crippen LogP contribution in [0.25, 0.3) is 0 Å². The van der Waals surface area contributed by atoms with E-state index in [9.17, 15) is 9.59 Å². The van der Waals surface area contributed by atoms with E-state index in [4.69, 9.17) is 10.2 Å². The van der Waals surface area contributed by atoms with Crippen LogP contribution < -0.4 is 5.32 Å². The lowest BCUT2D eigenvalue weighted by atomic mass is 9.76. The molecule has 1 aliphatic heterocycles. The Kier molecular flexibility index (Phi) is 17.6. The number of hydrogen-bond acceptors (Lipinski definition) is 3. The summed E-state index contributed by atoms with van der Waals surface area (Å²) in [5.74, 6) is -1.52. The molecule has 0 unspecified atom stereocenters. The molecule has 1 fully saturated rings. The average molecular weight is 470 g/mol. The van der Waals surface area contributed by atoms with Crippen LogP contribution in [0.15, 0.2) is 0 Å². The highest BCUT2D eigenvalue weighted by atomic mass is 16.4. The van der Waals surface area contributed by atoms with Crippen molar-refractivity contribution in [3.05, 3.63) is 0 Å². The number of carboxylic acid groups (broad SMARTS) is 2. The molecule has 0 amide bonds. The van der Waals surface area contributed by atoms with Gasteiger partial charge in [-0.3, -0.25) is 9.59 Å². The van der Waals surface area contributed by atoms with Crippen LogP contribution in [0.3, 0.4) is 0 Å². The van der Waals surface area contributed by atoms with E-state index in [1.165, 1.54) is 83.5 Å². The minimum absolute atomic E-state index is 0.0647. The Morgan fingerprint density at radius 3 is 1.30 bits per heavy atom. The summed E-state index contributed by atoms with van der Waals surface area (Å²) in [7, 11) is 0. The van der Waals surface area contributed by atoms with Crippen molar-refractivity contribution in [3.8, 4) is 0 Å². The lowest BCUT2D eigenvalue weighted by Gasteiger charge is -2.45. The van der Waals surface area contributed by atoms with E-state index < -0.39 is 11.9 Å². The van der Waals surface area contributed by atoms with E-state index in [-0.39, 0.29) is 17.0 Å². The van der Waals surface area contributed by atoms with Crippen LogP contribution in [0.2, 0.25) is 0 Å². The molecule has 1 rings (SSSR count). The van der Waals surface area contributed by atoms with Crippen LogP contribution >= 0.6 is 0 Å². The lowest BCUT2D eigenvalue weighted by Crippen LogP contribution is -2.58. The van der Waals surface area contributed by atoms with Crippen molar-refractivity contribution in [2.24, 2.45) is 5.92 Å². The summed E-state index contributed by atoms with van der Waals surface area (Å²) in [5, 5.41) is 20.9. The lowest BCUT2D eigenvalue weighted by molar-refractivity contribution is -0.145. The molecule has 33 heavy (non-hydrogen) atoms. The molecule has 0 atom stereocenters. The molecule has 1 heterocycles. The fourth-order valence-corrected chi connectivity index (χ4v) is 5.14. The Hall–Kier alpha value is -1.10. The quantitative estimate of drug-likeness (QED) is 0.188. The SMILES string of the molecule is CC1(C)CC(C(=O)O)CC(C)(C)N1.CCCCCCCCCCCCCCCCCC(=O)O. The first kappa shape index (κ1) is 31.9. The van der Waals surface area contributed by atoms with Crippen LogP contribution in [0.5, 0.6) is 0 Å². The Morgan fingerprint density at radius 1 is 0.667 bits per heavy atom. The van der Waals surface area contributed by atoms with Gasteiger partial charge in [0.2, 0.25) is 0 Å². The predicted molar refractivity (Wildman–Crippen MR) is 139 cm³/mol. The summed E-state index contributed by atoms with van der Waals surface area (Å²) in [6, 6.07) is 0. The molecule has 0 aromatic carbocycles. The van der Waals surface area contributed by atoms with E-state index in [0.29, 0.717) is 19.3 Å². The molecule has 5 heteroatoms. The Labute approximate surface area is 204 Å². The summed E-state index contributed by atoms with van der Waals surface area (Å²) in [4.78, 5) is 21.2. The zero-order chi connectivity index (χ0) is 25.2. The highest BCUT2D eigenvalue weighted by Gasteiger charge is 2.40. The number of hydrogen-bond donors (Lipinski definition) is 3. The van der Waals surface area contributed by atoms with Gasteiger partial charge in [0, 0.05) is 17.5 Å². The van der Waals surface area contributed by atoms with Gasteiger partial charge in [0.15, 0.2) is 0 Å². The van der Waals surface area contributed by atoms with Gasteiger partial charge in [0.25, 0.3) is 0 Å². The van der Waals surface area contributed by atoms with Crippen LogP contribution in [-0.4, -0.2) is 33.2 Å². The second-order valence-electron chi connectivity index (χ2n) is 11.4. The number of piperidine rings is 1. The van der Waals surface area contributed by atoms with Crippen molar-refractivity contribution in [2.75, 3.05) is 0 Å². The predicted octanol–water partition coefficient (Wildman–Crippen LogP) is 7.96. The molecule has 0 aliphatic carbocycles. The summed E-state index contributed by atoms with van der Waals surface area (Å²) in [6.07, 6.45) is 21.6. The minimum Gasteiger partial charge on any atom is -0.481 e. The van der Waals surface area contributed by atoms with Crippen molar-refractivity contribution in [2.45, 2.75) is 161 Å². The molecule has 5 nitrogen and oxygen atoms in total. The molecule has 3 N–H and O–H groups in total. The maximum Gasteiger partial charge on any atom is 0.306 e. The number of nitrogens with one attached hydrogen (secondary N) is 1. The van der Waals surface area contributed by atoms with Gasteiger partial charge < -0.3 is 15.5 Å². The van der Waals surface area contributed by atoms with E-state index in [2.05, 4.69) is 39.9 Å². The van der Waals surface area contributed by atoms with Gasteiger partial charge in [0.1, 0.15) is 0 Å². The first-order valence-electron chi connectivity index (χ1n) is 13.7. The van der Waals surface area contributed by atoms with Gasteiger partial charge >= 0.3 is 11.9 Å². The largest absolute Gasteiger partial charge is 0.481 e. The molecule has 0 aromatic heterocycles. The Balaban J connectivity index is 0.000000676. The molecule has 0 aromatic rings. The molecular formula is C28H55NO4. The van der Waals surface area contributed by atoms with Crippen molar-refractivity contribution in [1.82, 2.24) is 5.32 Å².